The van der Waals surface area contributed by atoms with Crippen molar-refractivity contribution >= 4 is 28.4 Å². The summed E-state index contributed by atoms with van der Waals surface area (Å²) in [6.07, 6.45) is -0.111. The van der Waals surface area contributed by atoms with Crippen molar-refractivity contribution in [1.29, 1.82) is 0 Å². The number of carbonyl (C=O) groups is 2. The summed E-state index contributed by atoms with van der Waals surface area (Å²) in [6, 6.07) is 20.1. The predicted molar refractivity (Wildman–Crippen MR) is 150 cm³/mol. The van der Waals surface area contributed by atoms with Gasteiger partial charge < -0.3 is 10.4 Å². The van der Waals surface area contributed by atoms with Gasteiger partial charge in [-0.2, -0.15) is 0 Å². The van der Waals surface area contributed by atoms with Gasteiger partial charge in [-0.1, -0.05) is 56.3 Å². The van der Waals surface area contributed by atoms with Crippen molar-refractivity contribution < 1.29 is 14.7 Å². The zero-order valence-corrected chi connectivity index (χ0v) is 22.2. The maximum absolute atomic E-state index is 13.9. The van der Waals surface area contributed by atoms with Crippen molar-refractivity contribution in [2.45, 2.75) is 50.5 Å². The van der Waals surface area contributed by atoms with Crippen LogP contribution in [0, 0.1) is 5.92 Å². The molecule has 1 fully saturated rings. The van der Waals surface area contributed by atoms with Crippen molar-refractivity contribution in [3.8, 4) is 5.69 Å². The Morgan fingerprint density at radius 3 is 2.42 bits per heavy atom. The number of nitrogens with one attached hydrogen (secondary N) is 2. The number of amides is 2. The van der Waals surface area contributed by atoms with E-state index in [1.807, 2.05) is 30.3 Å². The van der Waals surface area contributed by atoms with Crippen LogP contribution in [-0.2, 0) is 10.4 Å². The number of aliphatic hydroxyl groups is 1. The predicted octanol–water partition coefficient (Wildman–Crippen LogP) is 3.14. The first-order valence-corrected chi connectivity index (χ1v) is 13.6. The minimum Gasteiger partial charge on any atom is -0.381 e. The topological polar surface area (TPSA) is 117 Å². The molecule has 3 N–H and O–H groups in total. The summed E-state index contributed by atoms with van der Waals surface area (Å²) in [5, 5.41) is 19.4. The van der Waals surface area contributed by atoms with Crippen LogP contribution < -0.4 is 21.1 Å². The molecule has 3 aliphatic heterocycles. The quantitative estimate of drug-likeness (QED) is 0.370. The summed E-state index contributed by atoms with van der Waals surface area (Å²) in [4.78, 5) is 47.5. The van der Waals surface area contributed by atoms with E-state index in [-0.39, 0.29) is 29.7 Å². The molecular formula is C31H29N5O4. The molecule has 4 aromatic rings. The number of benzene rings is 3. The molecule has 4 atom stereocenters. The maximum atomic E-state index is 13.9. The fourth-order valence-electron chi connectivity index (χ4n) is 6.53. The molecule has 3 aromatic carbocycles. The number of nitrogens with zero attached hydrogens (tertiary/aromatic N) is 3. The number of carbonyl (C=O) groups excluding carboxylic acids is 2. The highest BCUT2D eigenvalue weighted by atomic mass is 16.3. The Bertz CT molecular complexity index is 1760. The third-order valence-electron chi connectivity index (χ3n) is 8.27. The molecule has 9 nitrogen and oxygen atoms in total. The molecule has 0 aliphatic carbocycles. The van der Waals surface area contributed by atoms with E-state index in [1.165, 1.54) is 4.57 Å². The Labute approximate surface area is 230 Å². The van der Waals surface area contributed by atoms with Gasteiger partial charge in [0.25, 0.3) is 11.5 Å². The molecule has 0 spiro atoms. The Kier molecular flexibility index (Phi) is 5.45. The summed E-state index contributed by atoms with van der Waals surface area (Å²) in [7, 11) is 0. The van der Waals surface area contributed by atoms with Gasteiger partial charge in [0.2, 0.25) is 5.91 Å². The third-order valence-corrected chi connectivity index (χ3v) is 8.27. The van der Waals surface area contributed by atoms with Crippen LogP contribution in [0.3, 0.4) is 0 Å². The minimum atomic E-state index is -1.57. The zero-order valence-electron chi connectivity index (χ0n) is 22.2. The Morgan fingerprint density at radius 2 is 1.62 bits per heavy atom. The van der Waals surface area contributed by atoms with Crippen LogP contribution >= 0.6 is 0 Å². The van der Waals surface area contributed by atoms with Crippen molar-refractivity contribution in [3.63, 3.8) is 0 Å². The van der Waals surface area contributed by atoms with Crippen LogP contribution in [-0.4, -0.2) is 38.7 Å². The lowest BCUT2D eigenvalue weighted by atomic mass is 9.86. The molecule has 0 saturated carbocycles. The van der Waals surface area contributed by atoms with Gasteiger partial charge in [-0.25, -0.2) is 4.98 Å². The van der Waals surface area contributed by atoms with E-state index < -0.39 is 23.9 Å². The van der Waals surface area contributed by atoms with E-state index in [0.29, 0.717) is 45.6 Å². The molecule has 7 rings (SSSR count). The molecule has 202 valence electrons. The van der Waals surface area contributed by atoms with E-state index in [0.717, 1.165) is 0 Å². The average molecular weight is 536 g/mol. The molecule has 9 heteroatoms. The fraction of sp³-hybridized carbons (Fsp3) is 0.290. The van der Waals surface area contributed by atoms with E-state index >= 15 is 0 Å². The van der Waals surface area contributed by atoms with E-state index in [2.05, 4.69) is 24.5 Å². The second-order valence-electron chi connectivity index (χ2n) is 11.3. The Balaban J connectivity index is 1.40. The summed E-state index contributed by atoms with van der Waals surface area (Å²) in [6.45, 7) is 4.11. The van der Waals surface area contributed by atoms with Crippen LogP contribution in [0.5, 0.6) is 0 Å². The number of rotatable bonds is 4. The van der Waals surface area contributed by atoms with E-state index in [9.17, 15) is 19.5 Å². The summed E-state index contributed by atoms with van der Waals surface area (Å²) in [5.74, 6) is 0.157. The highest BCUT2D eigenvalue weighted by Crippen LogP contribution is 2.50. The Morgan fingerprint density at radius 1 is 0.925 bits per heavy atom. The third kappa shape index (κ3) is 3.47. The molecule has 4 heterocycles. The van der Waals surface area contributed by atoms with Crippen LogP contribution in [0.2, 0.25) is 0 Å². The van der Waals surface area contributed by atoms with E-state index in [1.54, 1.807) is 47.4 Å². The van der Waals surface area contributed by atoms with Crippen LogP contribution in [0.15, 0.2) is 77.6 Å². The largest absolute Gasteiger partial charge is 0.381 e. The molecule has 0 radical (unpaired) electrons. The molecule has 1 unspecified atom stereocenters. The van der Waals surface area contributed by atoms with Crippen LogP contribution in [0.1, 0.15) is 54.5 Å². The van der Waals surface area contributed by atoms with Gasteiger partial charge in [0.05, 0.1) is 39.9 Å². The molecule has 2 amide bonds. The summed E-state index contributed by atoms with van der Waals surface area (Å²) in [5.41, 5.74) is 0.663. The fourth-order valence-corrected chi connectivity index (χ4v) is 6.53. The molecule has 1 aromatic heterocycles. The monoisotopic (exact) mass is 535 g/mol. The number of hydrogen-bond donors (Lipinski definition) is 3. The first-order chi connectivity index (χ1) is 19.3. The van der Waals surface area contributed by atoms with Crippen molar-refractivity contribution in [2.75, 3.05) is 4.90 Å². The zero-order chi connectivity index (χ0) is 27.8. The van der Waals surface area contributed by atoms with Gasteiger partial charge in [0.1, 0.15) is 17.6 Å². The summed E-state index contributed by atoms with van der Waals surface area (Å²) < 4.78 is 1.48. The number of hydrogen-bond acceptors (Lipinski definition) is 6. The lowest BCUT2D eigenvalue weighted by Gasteiger charge is -2.34. The second-order valence-corrected chi connectivity index (χ2v) is 11.3. The number of para-hydroxylation sites is 3. The average Bonchev–Trinajstić information content (AvgIpc) is 3.35. The molecular weight excluding hydrogens is 506 g/mol. The van der Waals surface area contributed by atoms with Gasteiger partial charge in [0, 0.05) is 12.0 Å². The minimum absolute atomic E-state index is 0.00956. The number of aromatic nitrogens is 2. The molecule has 0 bridgehead atoms. The van der Waals surface area contributed by atoms with Gasteiger partial charge in [-0.15, -0.1) is 0 Å². The highest BCUT2D eigenvalue weighted by molar-refractivity contribution is 6.03. The maximum Gasteiger partial charge on any atom is 0.266 e. The Hall–Kier alpha value is -4.34. The van der Waals surface area contributed by atoms with E-state index in [4.69, 9.17) is 4.98 Å². The van der Waals surface area contributed by atoms with Crippen molar-refractivity contribution in [2.24, 2.45) is 5.92 Å². The molecule has 1 saturated heterocycles. The highest BCUT2D eigenvalue weighted by Gasteiger charge is 2.58. The normalized spacial score (nSPS) is 24.9. The van der Waals surface area contributed by atoms with Gasteiger partial charge in [-0.05, 0) is 42.7 Å². The lowest BCUT2D eigenvalue weighted by Crippen LogP contribution is -2.51. The first kappa shape index (κ1) is 24.7. The first-order valence-electron chi connectivity index (χ1n) is 13.6. The smallest absolute Gasteiger partial charge is 0.266 e. The van der Waals surface area contributed by atoms with Crippen LogP contribution in [0.4, 0.5) is 5.69 Å². The lowest BCUT2D eigenvalue weighted by molar-refractivity contribution is -0.119. The van der Waals surface area contributed by atoms with Crippen molar-refractivity contribution in [1.82, 2.24) is 20.2 Å². The van der Waals surface area contributed by atoms with Crippen molar-refractivity contribution in [3.05, 3.63) is 100 Å². The van der Waals surface area contributed by atoms with Crippen LogP contribution in [0.25, 0.3) is 16.6 Å². The van der Waals surface area contributed by atoms with Gasteiger partial charge >= 0.3 is 0 Å². The second kappa shape index (κ2) is 8.84. The SMILES string of the molecule is CC(C)C[C@@H]1NC2N(C1=O)c1ccccc1[C@@]2(O)C[C@@H]1NC(=O)c2ccccc2-n2c1nc1ccccc1c2=O. The molecule has 3 aliphatic rings. The number of anilines is 1. The molecule has 40 heavy (non-hydrogen) atoms. The van der Waals surface area contributed by atoms with Gasteiger partial charge in [0.15, 0.2) is 0 Å². The number of fused-ring (bicyclic) bond motifs is 7. The summed E-state index contributed by atoms with van der Waals surface area (Å²) >= 11 is 0. The van der Waals surface area contributed by atoms with Gasteiger partial charge in [-0.3, -0.25) is 29.2 Å². The standard InChI is InChI=1S/C31H29N5O4/c1-17(2)15-22-29(39)36-25-14-8-5-11-20(25)31(40,30(36)34-22)16-23-26-32-21-12-6-3-9-18(21)28(38)35(26)24-13-7-4-10-19(24)27(37)33-23/h3-14,17,22-23,30,34,40H,15-16H2,1-2H3,(H,33,37)/t22-,23-,30?,31-/m0/s1.